The summed E-state index contributed by atoms with van der Waals surface area (Å²) in [5, 5.41) is 0. The van der Waals surface area contributed by atoms with Crippen molar-refractivity contribution in [1.29, 1.82) is 0 Å². The number of nitrogens with zero attached hydrogens (tertiary/aromatic N) is 4. The van der Waals surface area contributed by atoms with Gasteiger partial charge in [-0.25, -0.2) is 18.4 Å². The van der Waals surface area contributed by atoms with Crippen LogP contribution in [0.1, 0.15) is 19.5 Å². The van der Waals surface area contributed by atoms with E-state index in [-0.39, 0.29) is 16.6 Å². The number of anilines is 2. The summed E-state index contributed by atoms with van der Waals surface area (Å²) in [6.07, 6.45) is 3.04. The Morgan fingerprint density at radius 2 is 1.77 bits per heavy atom. The Kier molecular flexibility index (Phi) is 6.51. The minimum atomic E-state index is -3.98. The normalized spacial score (nSPS) is 11.2. The summed E-state index contributed by atoms with van der Waals surface area (Å²) < 4.78 is 33.9. The number of sulfonamides is 1. The molecule has 3 rings (SSSR count). The van der Waals surface area contributed by atoms with Gasteiger partial charge in [0.2, 0.25) is 5.82 Å². The zero-order valence-electron chi connectivity index (χ0n) is 17.5. The van der Waals surface area contributed by atoms with Crippen LogP contribution in [0.2, 0.25) is 0 Å². The maximum absolute atomic E-state index is 13.1. The highest BCUT2D eigenvalue weighted by Gasteiger charge is 2.23. The Bertz CT molecular complexity index is 1110. The van der Waals surface area contributed by atoms with Gasteiger partial charge in [0.1, 0.15) is 4.90 Å². The molecular weight excluding hydrogens is 402 g/mol. The molecule has 2 heterocycles. The number of aryl methyl sites for hydroxylation is 1. The summed E-state index contributed by atoms with van der Waals surface area (Å²) in [6, 6.07) is 10.8. The van der Waals surface area contributed by atoms with E-state index in [9.17, 15) is 8.42 Å². The first-order valence-electron chi connectivity index (χ1n) is 9.60. The van der Waals surface area contributed by atoms with Crippen LogP contribution in [0.3, 0.4) is 0 Å². The third-order valence-electron chi connectivity index (χ3n) is 4.61. The maximum Gasteiger partial charge on any atom is 0.265 e. The van der Waals surface area contributed by atoms with Crippen molar-refractivity contribution in [3.05, 3.63) is 54.5 Å². The lowest BCUT2D eigenvalue weighted by Crippen LogP contribution is -2.21. The van der Waals surface area contributed by atoms with E-state index < -0.39 is 10.0 Å². The molecule has 0 fully saturated rings. The van der Waals surface area contributed by atoms with Crippen molar-refractivity contribution < 1.29 is 13.2 Å². The van der Waals surface area contributed by atoms with Crippen LogP contribution < -0.4 is 14.4 Å². The van der Waals surface area contributed by atoms with Gasteiger partial charge in [-0.2, -0.15) is 0 Å². The molecule has 0 atom stereocenters. The average Bonchev–Trinajstić information content (AvgIpc) is 2.76. The summed E-state index contributed by atoms with van der Waals surface area (Å²) in [6.45, 7) is 7.71. The Morgan fingerprint density at radius 3 is 2.40 bits per heavy atom. The van der Waals surface area contributed by atoms with Crippen molar-refractivity contribution >= 4 is 21.5 Å². The number of benzene rings is 1. The average molecular weight is 428 g/mol. The number of hydrogen-bond acceptors (Lipinski definition) is 7. The van der Waals surface area contributed by atoms with Crippen molar-refractivity contribution in [2.24, 2.45) is 0 Å². The third kappa shape index (κ3) is 4.51. The van der Waals surface area contributed by atoms with Gasteiger partial charge in [0.25, 0.3) is 15.9 Å². The summed E-state index contributed by atoms with van der Waals surface area (Å²) >= 11 is 0. The van der Waals surface area contributed by atoms with Crippen molar-refractivity contribution in [3.63, 3.8) is 0 Å². The molecule has 158 valence electrons. The maximum atomic E-state index is 13.1. The molecule has 0 aliphatic rings. The van der Waals surface area contributed by atoms with Crippen LogP contribution in [-0.4, -0.2) is 43.6 Å². The largest absolute Gasteiger partial charge is 0.478 e. The Hall–Kier alpha value is -3.20. The Balaban J connectivity index is 1.98. The molecule has 0 aliphatic heterocycles. The highest BCUT2D eigenvalue weighted by Crippen LogP contribution is 2.29. The van der Waals surface area contributed by atoms with Gasteiger partial charge >= 0.3 is 0 Å². The summed E-state index contributed by atoms with van der Waals surface area (Å²) in [7, 11) is -2.57. The molecule has 0 amide bonds. The zero-order chi connectivity index (χ0) is 21.7. The molecule has 9 heteroatoms. The van der Waals surface area contributed by atoms with E-state index in [1.54, 1.807) is 19.2 Å². The van der Waals surface area contributed by atoms with Gasteiger partial charge in [-0.05, 0) is 45.0 Å². The number of nitrogens with one attached hydrogen (secondary N) is 1. The number of rotatable bonds is 8. The molecule has 0 unspecified atom stereocenters. The molecule has 0 spiro atoms. The van der Waals surface area contributed by atoms with Gasteiger partial charge in [0.05, 0.1) is 24.7 Å². The SMILES string of the molecule is CCN(CC)c1ccc(-c2ncccc2S(=O)(=O)Nc2ncc(C)nc2OC)cc1. The van der Waals surface area contributed by atoms with Gasteiger partial charge in [-0.15, -0.1) is 0 Å². The number of pyridine rings is 1. The molecule has 0 saturated heterocycles. The van der Waals surface area contributed by atoms with E-state index >= 15 is 0 Å². The summed E-state index contributed by atoms with van der Waals surface area (Å²) in [4.78, 5) is 14.9. The first-order chi connectivity index (χ1) is 14.4. The highest BCUT2D eigenvalue weighted by molar-refractivity contribution is 7.92. The van der Waals surface area contributed by atoms with Gasteiger partial charge in [0.15, 0.2) is 0 Å². The molecule has 3 aromatic rings. The Morgan fingerprint density at radius 1 is 1.07 bits per heavy atom. The first-order valence-corrected chi connectivity index (χ1v) is 11.1. The van der Waals surface area contributed by atoms with E-state index in [2.05, 4.69) is 38.4 Å². The zero-order valence-corrected chi connectivity index (χ0v) is 18.3. The highest BCUT2D eigenvalue weighted by atomic mass is 32.2. The van der Waals surface area contributed by atoms with Crippen LogP contribution in [-0.2, 0) is 10.0 Å². The van der Waals surface area contributed by atoms with Crippen molar-refractivity contribution in [2.75, 3.05) is 29.8 Å². The fraction of sp³-hybridized carbons (Fsp3) is 0.286. The number of ether oxygens (including phenoxy) is 1. The van der Waals surface area contributed by atoms with Crippen LogP contribution in [0.15, 0.2) is 53.7 Å². The first kappa shape index (κ1) is 21.5. The summed E-state index contributed by atoms with van der Waals surface area (Å²) in [5.74, 6) is 0.127. The molecule has 1 N–H and O–H groups in total. The minimum absolute atomic E-state index is 0.0229. The van der Waals surface area contributed by atoms with Gasteiger partial charge in [-0.1, -0.05) is 12.1 Å². The topological polar surface area (TPSA) is 97.3 Å². The predicted molar refractivity (Wildman–Crippen MR) is 117 cm³/mol. The van der Waals surface area contributed by atoms with Gasteiger partial charge in [0, 0.05) is 30.5 Å². The van der Waals surface area contributed by atoms with E-state index in [0.29, 0.717) is 17.0 Å². The molecule has 0 radical (unpaired) electrons. The molecule has 0 aliphatic carbocycles. The quantitative estimate of drug-likeness (QED) is 0.587. The summed E-state index contributed by atoms with van der Waals surface area (Å²) in [5.41, 5.74) is 2.75. The standard InChI is InChI=1S/C21H25N5O3S/c1-5-26(6-2)17-11-9-16(10-12-17)19-18(8-7-13-22-19)30(27,28)25-20-21(29-4)24-15(3)14-23-20/h7-14H,5-6H2,1-4H3,(H,23,25). The van der Waals surface area contributed by atoms with Crippen LogP contribution >= 0.6 is 0 Å². The van der Waals surface area contributed by atoms with Crippen molar-refractivity contribution in [1.82, 2.24) is 15.0 Å². The van der Waals surface area contributed by atoms with Gasteiger partial charge < -0.3 is 9.64 Å². The van der Waals surface area contributed by atoms with Crippen LogP contribution in [0.5, 0.6) is 5.88 Å². The smallest absolute Gasteiger partial charge is 0.265 e. The second-order valence-electron chi connectivity index (χ2n) is 6.54. The predicted octanol–water partition coefficient (Wildman–Crippen LogP) is 3.50. The van der Waals surface area contributed by atoms with E-state index in [4.69, 9.17) is 4.74 Å². The molecule has 0 saturated carbocycles. The molecule has 2 aromatic heterocycles. The molecule has 30 heavy (non-hydrogen) atoms. The Labute approximate surface area is 177 Å². The molecule has 8 nitrogen and oxygen atoms in total. The van der Waals surface area contributed by atoms with E-state index in [1.165, 1.54) is 19.4 Å². The van der Waals surface area contributed by atoms with Crippen LogP contribution in [0.4, 0.5) is 11.5 Å². The van der Waals surface area contributed by atoms with Crippen LogP contribution in [0.25, 0.3) is 11.3 Å². The number of aromatic nitrogens is 3. The fourth-order valence-corrected chi connectivity index (χ4v) is 4.28. The molecular formula is C21H25N5O3S. The lowest BCUT2D eigenvalue weighted by atomic mass is 10.1. The van der Waals surface area contributed by atoms with Crippen LogP contribution in [0, 0.1) is 6.92 Å². The molecule has 0 bridgehead atoms. The lowest BCUT2D eigenvalue weighted by molar-refractivity contribution is 0.397. The second-order valence-corrected chi connectivity index (χ2v) is 8.19. The van der Waals surface area contributed by atoms with Crippen molar-refractivity contribution in [2.45, 2.75) is 25.7 Å². The fourth-order valence-electron chi connectivity index (χ4n) is 3.09. The van der Waals surface area contributed by atoms with Crippen molar-refractivity contribution in [3.8, 4) is 17.1 Å². The molecule has 1 aromatic carbocycles. The second kappa shape index (κ2) is 9.08. The van der Waals surface area contributed by atoms with E-state index in [0.717, 1.165) is 18.8 Å². The van der Waals surface area contributed by atoms with E-state index in [1.807, 2.05) is 24.3 Å². The third-order valence-corrected chi connectivity index (χ3v) is 5.99. The number of hydrogen-bond donors (Lipinski definition) is 1. The minimum Gasteiger partial charge on any atom is -0.478 e. The van der Waals surface area contributed by atoms with Gasteiger partial charge in [-0.3, -0.25) is 9.71 Å². The monoisotopic (exact) mass is 427 g/mol. The lowest BCUT2D eigenvalue weighted by Gasteiger charge is -2.21. The number of methoxy groups -OCH3 is 1.